The highest BCUT2D eigenvalue weighted by atomic mass is 16.5. The quantitative estimate of drug-likeness (QED) is 0.492. The predicted molar refractivity (Wildman–Crippen MR) is 74.3 cm³/mol. The molecule has 2 unspecified atom stereocenters. The molecule has 0 bridgehead atoms. The first-order valence-corrected chi connectivity index (χ1v) is 7.35. The lowest BCUT2D eigenvalue weighted by Crippen LogP contribution is -2.54. The minimum absolute atomic E-state index is 0.134. The molecule has 2 atom stereocenters. The second kappa shape index (κ2) is 8.10. The van der Waals surface area contributed by atoms with Gasteiger partial charge < -0.3 is 9.47 Å². The number of ether oxygens (including phenoxy) is 2. The molecular formula is C14H30N2O2. The van der Waals surface area contributed by atoms with Gasteiger partial charge in [-0.2, -0.15) is 0 Å². The number of nitrogens with one attached hydrogen (secondary N) is 1. The van der Waals surface area contributed by atoms with Crippen molar-refractivity contribution in [1.29, 1.82) is 0 Å². The number of hydrazine groups is 1. The van der Waals surface area contributed by atoms with Crippen LogP contribution >= 0.6 is 0 Å². The Kier molecular flexibility index (Phi) is 7.15. The van der Waals surface area contributed by atoms with Crippen LogP contribution in [0.2, 0.25) is 0 Å². The standard InChI is InChI=1S/C14H30N2O2/c1-4-14(5-2,17-3)13(16-15)10-6-8-12-9-7-11-18-12/h12-13,16H,4-11,15H2,1-3H3. The van der Waals surface area contributed by atoms with Crippen LogP contribution in [0.1, 0.15) is 58.8 Å². The maximum atomic E-state index is 5.74. The third-order valence-corrected chi connectivity index (χ3v) is 4.48. The first-order chi connectivity index (χ1) is 8.72. The third-order valence-electron chi connectivity index (χ3n) is 4.48. The van der Waals surface area contributed by atoms with E-state index in [4.69, 9.17) is 15.3 Å². The Bertz CT molecular complexity index is 206. The Morgan fingerprint density at radius 2 is 2.17 bits per heavy atom. The van der Waals surface area contributed by atoms with Crippen molar-refractivity contribution in [2.24, 2.45) is 5.84 Å². The molecule has 1 aliphatic heterocycles. The van der Waals surface area contributed by atoms with Crippen molar-refractivity contribution < 1.29 is 9.47 Å². The van der Waals surface area contributed by atoms with Crippen molar-refractivity contribution in [3.63, 3.8) is 0 Å². The second-order valence-corrected chi connectivity index (χ2v) is 5.26. The number of rotatable bonds is 9. The molecule has 4 nitrogen and oxygen atoms in total. The number of methoxy groups -OCH3 is 1. The molecule has 0 aliphatic carbocycles. The smallest absolute Gasteiger partial charge is 0.0839 e. The summed E-state index contributed by atoms with van der Waals surface area (Å²) < 4.78 is 11.4. The van der Waals surface area contributed by atoms with Crippen LogP contribution in [-0.2, 0) is 9.47 Å². The van der Waals surface area contributed by atoms with Crippen LogP contribution in [0.4, 0.5) is 0 Å². The average molecular weight is 258 g/mol. The lowest BCUT2D eigenvalue weighted by Gasteiger charge is -2.38. The predicted octanol–water partition coefficient (Wildman–Crippen LogP) is 2.37. The summed E-state index contributed by atoms with van der Waals surface area (Å²) >= 11 is 0. The van der Waals surface area contributed by atoms with Crippen LogP contribution in [0.15, 0.2) is 0 Å². The van der Waals surface area contributed by atoms with Crippen LogP contribution < -0.4 is 11.3 Å². The van der Waals surface area contributed by atoms with Crippen LogP contribution in [0.25, 0.3) is 0 Å². The highest BCUT2D eigenvalue weighted by Crippen LogP contribution is 2.28. The Balaban J connectivity index is 2.39. The van der Waals surface area contributed by atoms with E-state index >= 15 is 0 Å². The lowest BCUT2D eigenvalue weighted by atomic mass is 9.85. The van der Waals surface area contributed by atoms with Gasteiger partial charge in [-0.25, -0.2) is 0 Å². The summed E-state index contributed by atoms with van der Waals surface area (Å²) in [4.78, 5) is 0. The van der Waals surface area contributed by atoms with Crippen LogP contribution in [0.5, 0.6) is 0 Å². The van der Waals surface area contributed by atoms with E-state index in [-0.39, 0.29) is 11.6 Å². The zero-order chi connectivity index (χ0) is 13.4. The van der Waals surface area contributed by atoms with Gasteiger partial charge in [0, 0.05) is 13.7 Å². The summed E-state index contributed by atoms with van der Waals surface area (Å²) in [6.45, 7) is 5.27. The van der Waals surface area contributed by atoms with Gasteiger partial charge in [0.15, 0.2) is 0 Å². The van der Waals surface area contributed by atoms with E-state index in [9.17, 15) is 0 Å². The van der Waals surface area contributed by atoms with Gasteiger partial charge in [0.05, 0.1) is 17.7 Å². The monoisotopic (exact) mass is 258 g/mol. The molecule has 1 saturated heterocycles. The molecule has 0 aromatic carbocycles. The number of hydrogen-bond acceptors (Lipinski definition) is 4. The van der Waals surface area contributed by atoms with E-state index in [1.165, 1.54) is 12.8 Å². The minimum Gasteiger partial charge on any atom is -0.378 e. The summed E-state index contributed by atoms with van der Waals surface area (Å²) in [5, 5.41) is 0. The van der Waals surface area contributed by atoms with Crippen molar-refractivity contribution in [1.82, 2.24) is 5.43 Å². The van der Waals surface area contributed by atoms with E-state index in [0.29, 0.717) is 6.10 Å². The first kappa shape index (κ1) is 15.9. The molecule has 108 valence electrons. The summed E-state index contributed by atoms with van der Waals surface area (Å²) in [5.41, 5.74) is 2.82. The van der Waals surface area contributed by atoms with Gasteiger partial charge >= 0.3 is 0 Å². The summed E-state index contributed by atoms with van der Waals surface area (Å²) in [5.74, 6) is 5.72. The molecule has 0 saturated carbocycles. The Hall–Kier alpha value is -0.160. The molecule has 0 aromatic heterocycles. The molecule has 18 heavy (non-hydrogen) atoms. The molecule has 1 heterocycles. The largest absolute Gasteiger partial charge is 0.378 e. The maximum Gasteiger partial charge on any atom is 0.0839 e. The molecule has 1 fully saturated rings. The highest BCUT2D eigenvalue weighted by Gasteiger charge is 2.34. The summed E-state index contributed by atoms with van der Waals surface area (Å²) in [7, 11) is 1.79. The Labute approximate surface area is 112 Å². The van der Waals surface area contributed by atoms with Crippen molar-refractivity contribution in [3.05, 3.63) is 0 Å². The second-order valence-electron chi connectivity index (χ2n) is 5.26. The van der Waals surface area contributed by atoms with Gasteiger partial charge in [-0.15, -0.1) is 0 Å². The van der Waals surface area contributed by atoms with E-state index in [1.54, 1.807) is 7.11 Å². The zero-order valence-corrected chi connectivity index (χ0v) is 12.2. The molecule has 4 heteroatoms. The minimum atomic E-state index is -0.134. The van der Waals surface area contributed by atoms with Crippen LogP contribution in [0.3, 0.4) is 0 Å². The fourth-order valence-electron chi connectivity index (χ4n) is 3.09. The van der Waals surface area contributed by atoms with Crippen molar-refractivity contribution >= 4 is 0 Å². The van der Waals surface area contributed by atoms with E-state index in [2.05, 4.69) is 19.3 Å². The Morgan fingerprint density at radius 1 is 1.44 bits per heavy atom. The Morgan fingerprint density at radius 3 is 2.61 bits per heavy atom. The SMILES string of the molecule is CCC(CC)(OC)C(CCCC1CCCO1)NN. The average Bonchev–Trinajstić information content (AvgIpc) is 2.92. The van der Waals surface area contributed by atoms with Crippen molar-refractivity contribution in [3.8, 4) is 0 Å². The van der Waals surface area contributed by atoms with Gasteiger partial charge in [-0.3, -0.25) is 11.3 Å². The maximum absolute atomic E-state index is 5.74. The van der Waals surface area contributed by atoms with Gasteiger partial charge in [0.1, 0.15) is 0 Å². The molecule has 0 aromatic rings. The number of hydrogen-bond donors (Lipinski definition) is 2. The topological polar surface area (TPSA) is 56.5 Å². The van der Waals surface area contributed by atoms with E-state index < -0.39 is 0 Å². The van der Waals surface area contributed by atoms with Crippen molar-refractivity contribution in [2.45, 2.75) is 76.5 Å². The third kappa shape index (κ3) is 3.92. The fraction of sp³-hybridized carbons (Fsp3) is 1.00. The van der Waals surface area contributed by atoms with Gasteiger partial charge in [-0.1, -0.05) is 13.8 Å². The number of nitrogens with two attached hydrogens (primary N) is 1. The molecule has 1 rings (SSSR count). The van der Waals surface area contributed by atoms with Crippen LogP contribution in [-0.4, -0.2) is 31.5 Å². The molecule has 0 amide bonds. The summed E-state index contributed by atoms with van der Waals surface area (Å²) in [6, 6.07) is 0.221. The lowest BCUT2D eigenvalue weighted by molar-refractivity contribution is -0.0506. The molecule has 0 spiro atoms. The van der Waals surface area contributed by atoms with E-state index in [1.807, 2.05) is 0 Å². The van der Waals surface area contributed by atoms with E-state index in [0.717, 1.165) is 38.7 Å². The van der Waals surface area contributed by atoms with Crippen LogP contribution in [0, 0.1) is 0 Å². The van der Waals surface area contributed by atoms with Gasteiger partial charge in [0.25, 0.3) is 0 Å². The first-order valence-electron chi connectivity index (χ1n) is 7.35. The summed E-state index contributed by atoms with van der Waals surface area (Å²) in [6.07, 6.45) is 8.21. The zero-order valence-electron chi connectivity index (χ0n) is 12.2. The normalized spacial score (nSPS) is 22.3. The van der Waals surface area contributed by atoms with Crippen molar-refractivity contribution in [2.75, 3.05) is 13.7 Å². The molecule has 1 aliphatic rings. The molecule has 3 N–H and O–H groups in total. The highest BCUT2D eigenvalue weighted by molar-refractivity contribution is 4.90. The molecular weight excluding hydrogens is 228 g/mol. The molecule has 0 radical (unpaired) electrons. The van der Waals surface area contributed by atoms with Gasteiger partial charge in [0.2, 0.25) is 0 Å². The van der Waals surface area contributed by atoms with Gasteiger partial charge in [-0.05, 0) is 44.9 Å². The fourth-order valence-corrected chi connectivity index (χ4v) is 3.09.